The van der Waals surface area contributed by atoms with Crippen molar-refractivity contribution in [1.82, 2.24) is 10.2 Å². The second-order valence-electron chi connectivity index (χ2n) is 6.80. The van der Waals surface area contributed by atoms with Crippen LogP contribution in [0.1, 0.15) is 51.9 Å². The van der Waals surface area contributed by atoms with Crippen LogP contribution in [0.15, 0.2) is 0 Å². The topological polar surface area (TPSA) is 24.5 Å². The van der Waals surface area contributed by atoms with Gasteiger partial charge in [-0.15, -0.1) is 0 Å². The van der Waals surface area contributed by atoms with Gasteiger partial charge in [0.2, 0.25) is 0 Å². The molecule has 0 radical (unpaired) electrons. The number of ether oxygens (including phenoxy) is 1. The molecule has 0 spiro atoms. The Bertz CT molecular complexity index is 272. The molecule has 3 heteroatoms. The minimum Gasteiger partial charge on any atom is -0.381 e. The Kier molecular flexibility index (Phi) is 4.78. The van der Waals surface area contributed by atoms with Crippen molar-refractivity contribution in [3.63, 3.8) is 0 Å². The molecule has 2 atom stereocenters. The molecule has 3 aliphatic rings. The van der Waals surface area contributed by atoms with E-state index in [1.54, 1.807) is 0 Å². The molecule has 2 aliphatic heterocycles. The average molecular weight is 266 g/mol. The average Bonchev–Trinajstić information content (AvgIpc) is 2.49. The summed E-state index contributed by atoms with van der Waals surface area (Å²) in [6.07, 6.45) is 9.75. The van der Waals surface area contributed by atoms with E-state index in [0.29, 0.717) is 6.04 Å². The second kappa shape index (κ2) is 6.55. The van der Waals surface area contributed by atoms with Gasteiger partial charge >= 0.3 is 0 Å². The summed E-state index contributed by atoms with van der Waals surface area (Å²) in [6, 6.07) is 2.22. The van der Waals surface area contributed by atoms with Gasteiger partial charge in [0.25, 0.3) is 0 Å². The number of hydrogen-bond donors (Lipinski definition) is 1. The Balaban J connectivity index is 1.59. The third-order valence-electron chi connectivity index (χ3n) is 5.53. The standard InChI is InChI=1S/C16H30N2O/c1-13-11-17-16(14-5-3-2-4-6-14)12-18(13)15-7-9-19-10-8-15/h13-17H,2-12H2,1H3. The van der Waals surface area contributed by atoms with Gasteiger partial charge in [0, 0.05) is 44.4 Å². The molecule has 110 valence electrons. The summed E-state index contributed by atoms with van der Waals surface area (Å²) >= 11 is 0. The first-order valence-corrected chi connectivity index (χ1v) is 8.41. The summed E-state index contributed by atoms with van der Waals surface area (Å²) in [7, 11) is 0. The zero-order valence-electron chi connectivity index (χ0n) is 12.4. The van der Waals surface area contributed by atoms with Crippen molar-refractivity contribution in [3.05, 3.63) is 0 Å². The molecule has 3 nitrogen and oxygen atoms in total. The van der Waals surface area contributed by atoms with Crippen LogP contribution in [0.25, 0.3) is 0 Å². The van der Waals surface area contributed by atoms with Crippen molar-refractivity contribution in [3.8, 4) is 0 Å². The minimum absolute atomic E-state index is 0.697. The maximum absolute atomic E-state index is 5.53. The van der Waals surface area contributed by atoms with Gasteiger partial charge in [-0.25, -0.2) is 0 Å². The molecule has 2 saturated heterocycles. The molecule has 19 heavy (non-hydrogen) atoms. The van der Waals surface area contributed by atoms with Crippen molar-refractivity contribution in [2.24, 2.45) is 5.92 Å². The summed E-state index contributed by atoms with van der Waals surface area (Å²) in [5.74, 6) is 0.934. The van der Waals surface area contributed by atoms with E-state index in [0.717, 1.165) is 31.2 Å². The van der Waals surface area contributed by atoms with Crippen LogP contribution in [0.2, 0.25) is 0 Å². The zero-order valence-corrected chi connectivity index (χ0v) is 12.4. The molecular weight excluding hydrogens is 236 g/mol. The van der Waals surface area contributed by atoms with E-state index in [9.17, 15) is 0 Å². The maximum atomic E-state index is 5.53. The number of hydrogen-bond acceptors (Lipinski definition) is 3. The van der Waals surface area contributed by atoms with Crippen molar-refractivity contribution in [2.45, 2.75) is 70.0 Å². The molecule has 3 fully saturated rings. The molecule has 0 aromatic rings. The molecule has 1 N–H and O–H groups in total. The molecule has 0 amide bonds. The van der Waals surface area contributed by atoms with E-state index in [4.69, 9.17) is 4.74 Å². The van der Waals surface area contributed by atoms with Gasteiger partial charge in [0.15, 0.2) is 0 Å². The highest BCUT2D eigenvalue weighted by Crippen LogP contribution is 2.29. The van der Waals surface area contributed by atoms with Crippen molar-refractivity contribution >= 4 is 0 Å². The molecule has 3 rings (SSSR count). The zero-order chi connectivity index (χ0) is 13.1. The van der Waals surface area contributed by atoms with Crippen LogP contribution in [-0.4, -0.2) is 49.3 Å². The fourth-order valence-corrected chi connectivity index (χ4v) is 4.29. The maximum Gasteiger partial charge on any atom is 0.0480 e. The van der Waals surface area contributed by atoms with E-state index in [-0.39, 0.29) is 0 Å². The number of rotatable bonds is 2. The molecule has 1 aliphatic carbocycles. The Morgan fingerprint density at radius 1 is 1.00 bits per heavy atom. The van der Waals surface area contributed by atoms with Crippen LogP contribution >= 0.6 is 0 Å². The van der Waals surface area contributed by atoms with Crippen LogP contribution in [0.5, 0.6) is 0 Å². The highest BCUT2D eigenvalue weighted by molar-refractivity contribution is 4.92. The van der Waals surface area contributed by atoms with Crippen LogP contribution in [0, 0.1) is 5.92 Å². The van der Waals surface area contributed by atoms with Gasteiger partial charge < -0.3 is 10.1 Å². The quantitative estimate of drug-likeness (QED) is 0.830. The lowest BCUT2D eigenvalue weighted by molar-refractivity contribution is -0.00300. The van der Waals surface area contributed by atoms with Gasteiger partial charge in [-0.1, -0.05) is 19.3 Å². The molecule has 2 unspecified atom stereocenters. The van der Waals surface area contributed by atoms with E-state index in [1.807, 2.05) is 0 Å². The van der Waals surface area contributed by atoms with Gasteiger partial charge in [0.1, 0.15) is 0 Å². The van der Waals surface area contributed by atoms with Gasteiger partial charge in [-0.2, -0.15) is 0 Å². The van der Waals surface area contributed by atoms with Crippen LogP contribution in [0.3, 0.4) is 0 Å². The lowest BCUT2D eigenvalue weighted by Gasteiger charge is -2.47. The van der Waals surface area contributed by atoms with Crippen LogP contribution in [-0.2, 0) is 4.74 Å². The Morgan fingerprint density at radius 3 is 2.47 bits per heavy atom. The lowest BCUT2D eigenvalue weighted by Crippen LogP contribution is -2.61. The predicted octanol–water partition coefficient (Wildman–Crippen LogP) is 2.41. The lowest BCUT2D eigenvalue weighted by atomic mass is 9.82. The smallest absolute Gasteiger partial charge is 0.0480 e. The van der Waals surface area contributed by atoms with Gasteiger partial charge in [-0.05, 0) is 38.5 Å². The van der Waals surface area contributed by atoms with E-state index in [2.05, 4.69) is 17.1 Å². The Labute approximate surface area is 118 Å². The van der Waals surface area contributed by atoms with Crippen molar-refractivity contribution in [2.75, 3.05) is 26.3 Å². The third kappa shape index (κ3) is 3.32. The van der Waals surface area contributed by atoms with E-state index < -0.39 is 0 Å². The van der Waals surface area contributed by atoms with Crippen molar-refractivity contribution < 1.29 is 4.74 Å². The van der Waals surface area contributed by atoms with Gasteiger partial charge in [-0.3, -0.25) is 4.90 Å². The third-order valence-corrected chi connectivity index (χ3v) is 5.53. The van der Waals surface area contributed by atoms with E-state index >= 15 is 0 Å². The molecule has 0 aromatic carbocycles. The number of nitrogens with one attached hydrogen (secondary N) is 1. The fourth-order valence-electron chi connectivity index (χ4n) is 4.29. The molecule has 1 saturated carbocycles. The Hall–Kier alpha value is -0.120. The molecular formula is C16H30N2O. The summed E-state index contributed by atoms with van der Waals surface area (Å²) in [4.78, 5) is 2.79. The first kappa shape index (κ1) is 13.8. The molecule has 2 heterocycles. The van der Waals surface area contributed by atoms with Crippen LogP contribution in [0.4, 0.5) is 0 Å². The summed E-state index contributed by atoms with van der Waals surface area (Å²) in [5, 5.41) is 3.83. The number of piperazine rings is 1. The first-order chi connectivity index (χ1) is 9.34. The van der Waals surface area contributed by atoms with E-state index in [1.165, 1.54) is 58.0 Å². The van der Waals surface area contributed by atoms with Crippen LogP contribution < -0.4 is 5.32 Å². The summed E-state index contributed by atoms with van der Waals surface area (Å²) < 4.78 is 5.53. The largest absolute Gasteiger partial charge is 0.381 e. The second-order valence-corrected chi connectivity index (χ2v) is 6.80. The van der Waals surface area contributed by atoms with Gasteiger partial charge in [0.05, 0.1) is 0 Å². The number of nitrogens with zero attached hydrogens (tertiary/aromatic N) is 1. The Morgan fingerprint density at radius 2 is 1.74 bits per heavy atom. The predicted molar refractivity (Wildman–Crippen MR) is 78.4 cm³/mol. The highest BCUT2D eigenvalue weighted by atomic mass is 16.5. The fraction of sp³-hybridized carbons (Fsp3) is 1.00. The molecule has 0 aromatic heterocycles. The summed E-state index contributed by atoms with van der Waals surface area (Å²) in [5.41, 5.74) is 0. The molecule has 0 bridgehead atoms. The minimum atomic E-state index is 0.697. The SMILES string of the molecule is CC1CNC(C2CCCCC2)CN1C1CCOCC1. The normalized spacial score (nSPS) is 36.5. The summed E-state index contributed by atoms with van der Waals surface area (Å²) in [6.45, 7) is 6.78. The highest BCUT2D eigenvalue weighted by Gasteiger charge is 2.34. The monoisotopic (exact) mass is 266 g/mol. The first-order valence-electron chi connectivity index (χ1n) is 8.41. The van der Waals surface area contributed by atoms with Crippen molar-refractivity contribution in [1.29, 1.82) is 0 Å².